The van der Waals surface area contributed by atoms with E-state index >= 15 is 0 Å². The molecule has 0 aliphatic heterocycles. The van der Waals surface area contributed by atoms with Gasteiger partial charge < -0.3 is 20.5 Å². The molecule has 0 aliphatic rings. The van der Waals surface area contributed by atoms with Gasteiger partial charge in [-0.2, -0.15) is 0 Å². The number of halogens is 1. The zero-order valence-electron chi connectivity index (χ0n) is 11.4. The van der Waals surface area contributed by atoms with Crippen molar-refractivity contribution in [3.63, 3.8) is 0 Å². The molecule has 5 heteroatoms. The van der Waals surface area contributed by atoms with E-state index in [9.17, 15) is 4.39 Å². The van der Waals surface area contributed by atoms with Gasteiger partial charge in [0.05, 0.1) is 25.1 Å². The molecule has 0 saturated carbocycles. The number of hydrogen-bond acceptors (Lipinski definition) is 4. The summed E-state index contributed by atoms with van der Waals surface area (Å²) in [5, 5.41) is 3.01. The smallest absolute Gasteiger partial charge is 0.148 e. The molecule has 0 heterocycles. The van der Waals surface area contributed by atoms with Crippen LogP contribution in [0.4, 0.5) is 21.5 Å². The number of hydrogen-bond donors (Lipinski definition) is 2. The van der Waals surface area contributed by atoms with Crippen molar-refractivity contribution in [2.24, 2.45) is 0 Å². The van der Waals surface area contributed by atoms with Gasteiger partial charge in [0.1, 0.15) is 11.6 Å². The summed E-state index contributed by atoms with van der Waals surface area (Å²) in [6, 6.07) is 10.3. The van der Waals surface area contributed by atoms with E-state index in [-0.39, 0.29) is 5.69 Å². The Morgan fingerprint density at radius 3 is 2.70 bits per heavy atom. The van der Waals surface area contributed by atoms with Crippen LogP contribution in [0.2, 0.25) is 0 Å². The summed E-state index contributed by atoms with van der Waals surface area (Å²) in [7, 11) is 3.12. The van der Waals surface area contributed by atoms with Gasteiger partial charge in [-0.05, 0) is 17.7 Å². The summed E-state index contributed by atoms with van der Waals surface area (Å²) >= 11 is 0. The molecule has 0 aromatic heterocycles. The first-order valence-electron chi connectivity index (χ1n) is 6.12. The first-order chi connectivity index (χ1) is 9.63. The summed E-state index contributed by atoms with van der Waals surface area (Å²) in [5.41, 5.74) is 8.00. The Hall–Kier alpha value is -2.27. The van der Waals surface area contributed by atoms with Crippen LogP contribution in [0.5, 0.6) is 5.75 Å². The van der Waals surface area contributed by atoms with Crippen molar-refractivity contribution >= 4 is 17.1 Å². The Kier molecular flexibility index (Phi) is 4.42. The standard InChI is InChI=1S/C15H17FN2O2/c1-19-9-10-4-3-5-11(6-10)18-14-8-15(20-2)13(17)7-12(14)16/h3-8,18H,9,17H2,1-2H3. The first kappa shape index (κ1) is 14.1. The fraction of sp³-hybridized carbons (Fsp3) is 0.200. The maximum Gasteiger partial charge on any atom is 0.148 e. The van der Waals surface area contributed by atoms with Crippen LogP contribution in [0.3, 0.4) is 0 Å². The lowest BCUT2D eigenvalue weighted by molar-refractivity contribution is 0.185. The molecule has 0 unspecified atom stereocenters. The van der Waals surface area contributed by atoms with Gasteiger partial charge in [-0.25, -0.2) is 4.39 Å². The summed E-state index contributed by atoms with van der Waals surface area (Å²) in [6.45, 7) is 0.503. The number of nitrogen functional groups attached to an aromatic ring is 1. The van der Waals surface area contributed by atoms with Crippen LogP contribution in [-0.2, 0) is 11.3 Å². The van der Waals surface area contributed by atoms with Crippen LogP contribution in [0.15, 0.2) is 36.4 Å². The van der Waals surface area contributed by atoms with E-state index < -0.39 is 5.82 Å². The Balaban J connectivity index is 2.27. The summed E-state index contributed by atoms with van der Waals surface area (Å²) in [6.07, 6.45) is 0. The summed E-state index contributed by atoms with van der Waals surface area (Å²) in [4.78, 5) is 0. The largest absolute Gasteiger partial charge is 0.495 e. The van der Waals surface area contributed by atoms with Gasteiger partial charge in [0, 0.05) is 24.9 Å². The van der Waals surface area contributed by atoms with Gasteiger partial charge in [-0.3, -0.25) is 0 Å². The molecule has 0 saturated heterocycles. The number of benzene rings is 2. The molecule has 2 aromatic rings. The molecule has 0 radical (unpaired) electrons. The van der Waals surface area contributed by atoms with Crippen LogP contribution in [0, 0.1) is 5.82 Å². The minimum atomic E-state index is -0.430. The maximum atomic E-state index is 13.9. The van der Waals surface area contributed by atoms with E-state index in [1.54, 1.807) is 7.11 Å². The van der Waals surface area contributed by atoms with E-state index in [2.05, 4.69) is 5.32 Å². The van der Waals surface area contributed by atoms with Gasteiger partial charge >= 0.3 is 0 Å². The van der Waals surface area contributed by atoms with Crippen molar-refractivity contribution < 1.29 is 13.9 Å². The van der Waals surface area contributed by atoms with E-state index in [1.807, 2.05) is 24.3 Å². The predicted molar refractivity (Wildman–Crippen MR) is 77.8 cm³/mol. The normalized spacial score (nSPS) is 10.3. The van der Waals surface area contributed by atoms with Crippen LogP contribution in [-0.4, -0.2) is 14.2 Å². The molecule has 0 fully saturated rings. The lowest BCUT2D eigenvalue weighted by Gasteiger charge is -2.12. The van der Waals surface area contributed by atoms with Gasteiger partial charge in [0.15, 0.2) is 0 Å². The Morgan fingerprint density at radius 1 is 1.20 bits per heavy atom. The van der Waals surface area contributed by atoms with Crippen LogP contribution < -0.4 is 15.8 Å². The second kappa shape index (κ2) is 6.25. The van der Waals surface area contributed by atoms with E-state index in [4.69, 9.17) is 15.2 Å². The number of ether oxygens (including phenoxy) is 2. The lowest BCUT2D eigenvalue weighted by Crippen LogP contribution is -1.99. The third kappa shape index (κ3) is 3.19. The zero-order chi connectivity index (χ0) is 14.5. The van der Waals surface area contributed by atoms with Gasteiger partial charge in [-0.15, -0.1) is 0 Å². The Morgan fingerprint density at radius 2 is 2.00 bits per heavy atom. The maximum absolute atomic E-state index is 13.9. The number of nitrogens with two attached hydrogens (primary N) is 1. The predicted octanol–water partition coefficient (Wildman–Crippen LogP) is 3.31. The third-order valence-corrected chi connectivity index (χ3v) is 2.84. The highest BCUT2D eigenvalue weighted by atomic mass is 19.1. The SMILES string of the molecule is COCc1cccc(Nc2cc(OC)c(N)cc2F)c1. The van der Waals surface area contributed by atoms with E-state index in [0.29, 0.717) is 18.0 Å². The monoisotopic (exact) mass is 276 g/mol. The van der Waals surface area contributed by atoms with Gasteiger partial charge in [0.2, 0.25) is 0 Å². The molecule has 0 aliphatic carbocycles. The molecule has 106 valence electrons. The average molecular weight is 276 g/mol. The number of methoxy groups -OCH3 is 2. The van der Waals surface area contributed by atoms with Crippen molar-refractivity contribution in [2.75, 3.05) is 25.3 Å². The lowest BCUT2D eigenvalue weighted by atomic mass is 10.2. The molecule has 4 nitrogen and oxygen atoms in total. The first-order valence-corrected chi connectivity index (χ1v) is 6.12. The van der Waals surface area contributed by atoms with E-state index in [1.165, 1.54) is 19.2 Å². The van der Waals surface area contributed by atoms with Crippen molar-refractivity contribution in [3.05, 3.63) is 47.8 Å². The molecule has 0 bridgehead atoms. The topological polar surface area (TPSA) is 56.5 Å². The zero-order valence-corrected chi connectivity index (χ0v) is 11.4. The molecule has 2 rings (SSSR count). The van der Waals surface area contributed by atoms with Crippen molar-refractivity contribution in [1.29, 1.82) is 0 Å². The number of rotatable bonds is 5. The molecule has 20 heavy (non-hydrogen) atoms. The van der Waals surface area contributed by atoms with Crippen LogP contribution in [0.1, 0.15) is 5.56 Å². The minimum absolute atomic E-state index is 0.267. The van der Waals surface area contributed by atoms with Crippen LogP contribution in [0.25, 0.3) is 0 Å². The second-order valence-corrected chi connectivity index (χ2v) is 4.33. The summed E-state index contributed by atoms with van der Waals surface area (Å²) < 4.78 is 24.0. The Labute approximate surface area is 117 Å². The molecule has 3 N–H and O–H groups in total. The molecule has 0 amide bonds. The molecule has 2 aromatic carbocycles. The van der Waals surface area contributed by atoms with Crippen molar-refractivity contribution in [2.45, 2.75) is 6.61 Å². The van der Waals surface area contributed by atoms with Gasteiger partial charge in [-0.1, -0.05) is 12.1 Å². The molecular weight excluding hydrogens is 259 g/mol. The van der Waals surface area contributed by atoms with Crippen molar-refractivity contribution in [3.8, 4) is 5.75 Å². The van der Waals surface area contributed by atoms with E-state index in [0.717, 1.165) is 11.3 Å². The van der Waals surface area contributed by atoms with Crippen LogP contribution >= 0.6 is 0 Å². The fourth-order valence-electron chi connectivity index (χ4n) is 1.90. The Bertz CT molecular complexity index is 602. The molecular formula is C15H17FN2O2. The highest BCUT2D eigenvalue weighted by Crippen LogP contribution is 2.30. The third-order valence-electron chi connectivity index (χ3n) is 2.84. The quantitative estimate of drug-likeness (QED) is 0.823. The number of anilines is 3. The van der Waals surface area contributed by atoms with Crippen molar-refractivity contribution in [1.82, 2.24) is 0 Å². The van der Waals surface area contributed by atoms with Gasteiger partial charge in [0.25, 0.3) is 0 Å². The molecule has 0 atom stereocenters. The average Bonchev–Trinajstić information content (AvgIpc) is 2.43. The second-order valence-electron chi connectivity index (χ2n) is 4.33. The minimum Gasteiger partial charge on any atom is -0.495 e. The molecule has 0 spiro atoms. The number of nitrogens with one attached hydrogen (secondary N) is 1. The summed E-state index contributed by atoms with van der Waals surface area (Å²) in [5.74, 6) is 0.00221. The highest BCUT2D eigenvalue weighted by molar-refractivity contribution is 5.67. The highest BCUT2D eigenvalue weighted by Gasteiger charge is 2.09. The fourth-order valence-corrected chi connectivity index (χ4v) is 1.90.